The van der Waals surface area contributed by atoms with Crippen LogP contribution in [-0.2, 0) is 13.8 Å². The molecule has 0 spiro atoms. The molecule has 0 saturated carbocycles. The first-order chi connectivity index (χ1) is 9.88. The minimum atomic E-state index is -1.18. The largest absolute Gasteiger partial charge is 0.375 e. The second-order valence-corrected chi connectivity index (χ2v) is 7.54. The number of rotatable bonds is 8. The van der Waals surface area contributed by atoms with Crippen molar-refractivity contribution in [3.05, 3.63) is 0 Å². The van der Waals surface area contributed by atoms with Gasteiger partial charge in [0.25, 0.3) is 8.53 Å². The summed E-state index contributed by atoms with van der Waals surface area (Å²) in [7, 11) is -1.18. The molecule has 0 aliphatic carbocycles. The molecule has 0 N–H and O–H groups in total. The van der Waals surface area contributed by atoms with Crippen LogP contribution in [0.25, 0.3) is 0 Å². The van der Waals surface area contributed by atoms with Gasteiger partial charge in [0.05, 0.1) is 37.9 Å². The molecule has 1 aliphatic heterocycles. The number of nitriles is 1. The highest BCUT2D eigenvalue weighted by molar-refractivity contribution is 7.44. The van der Waals surface area contributed by atoms with Crippen LogP contribution in [0.15, 0.2) is 0 Å². The number of ether oxygens (including phenoxy) is 1. The molecule has 1 saturated heterocycles. The fraction of sp³-hybridized carbons (Fsp3) is 0.933. The molecule has 0 aromatic heterocycles. The van der Waals surface area contributed by atoms with E-state index in [0.29, 0.717) is 31.0 Å². The maximum Gasteiger partial charge on any atom is 0.259 e. The van der Waals surface area contributed by atoms with Crippen molar-refractivity contribution in [1.82, 2.24) is 4.67 Å². The monoisotopic (exact) mass is 316 g/mol. The first-order valence-corrected chi connectivity index (χ1v) is 8.88. The zero-order valence-corrected chi connectivity index (χ0v) is 15.0. The molecule has 0 aromatic carbocycles. The fourth-order valence-corrected chi connectivity index (χ4v) is 4.44. The van der Waals surface area contributed by atoms with E-state index in [-0.39, 0.29) is 12.2 Å². The van der Waals surface area contributed by atoms with Crippen LogP contribution in [0.3, 0.4) is 0 Å². The van der Waals surface area contributed by atoms with Gasteiger partial charge in [-0.2, -0.15) is 5.26 Å². The van der Waals surface area contributed by atoms with Gasteiger partial charge in [0, 0.05) is 18.0 Å². The van der Waals surface area contributed by atoms with E-state index in [0.717, 1.165) is 6.61 Å². The zero-order chi connectivity index (χ0) is 16.0. The summed E-state index contributed by atoms with van der Waals surface area (Å²) in [6.45, 7) is 13.9. The minimum absolute atomic E-state index is 0.0539. The van der Waals surface area contributed by atoms with E-state index in [1.54, 1.807) is 0 Å². The second kappa shape index (κ2) is 9.02. The van der Waals surface area contributed by atoms with Gasteiger partial charge in [-0.25, -0.2) is 4.67 Å². The molecular weight excluding hydrogens is 287 g/mol. The smallest absolute Gasteiger partial charge is 0.259 e. The summed E-state index contributed by atoms with van der Waals surface area (Å²) in [4.78, 5) is 0. The van der Waals surface area contributed by atoms with E-state index in [9.17, 15) is 0 Å². The molecule has 0 aromatic rings. The highest BCUT2D eigenvalue weighted by Gasteiger charge is 2.38. The predicted octanol–water partition coefficient (Wildman–Crippen LogP) is 3.70. The van der Waals surface area contributed by atoms with Crippen molar-refractivity contribution in [2.45, 2.75) is 72.3 Å². The molecule has 1 fully saturated rings. The molecule has 4 atom stereocenters. The third kappa shape index (κ3) is 5.47. The Morgan fingerprint density at radius 2 is 1.90 bits per heavy atom. The summed E-state index contributed by atoms with van der Waals surface area (Å²) in [6.07, 6.45) is 0.530. The molecule has 0 amide bonds. The third-order valence-corrected chi connectivity index (χ3v) is 5.65. The SMILES string of the molecule is CC1OC[C@H](C)[C@@H]1OP(OCCC#N)N(C(C)C)C(C)C. The lowest BCUT2D eigenvalue weighted by Gasteiger charge is -2.37. The van der Waals surface area contributed by atoms with Gasteiger partial charge in [0.15, 0.2) is 0 Å². The molecular formula is C15H29N2O3P. The molecule has 1 rings (SSSR count). The standard InChI is InChI=1S/C15H29N2O3P/c1-11(2)17(12(3)4)21(19-9-7-8-16)20-15-13(5)10-18-14(15)6/h11-15H,7,9-10H2,1-6H3/t13-,14?,15-,21?/m0/s1. The van der Waals surface area contributed by atoms with Crippen LogP contribution in [-0.4, -0.2) is 42.2 Å². The van der Waals surface area contributed by atoms with Crippen LogP contribution in [0.1, 0.15) is 48.0 Å². The Balaban J connectivity index is 2.77. The number of hydrogen-bond donors (Lipinski definition) is 0. The molecule has 1 heterocycles. The van der Waals surface area contributed by atoms with Crippen molar-refractivity contribution in [3.8, 4) is 6.07 Å². The lowest BCUT2D eigenvalue weighted by Crippen LogP contribution is -2.36. The lowest BCUT2D eigenvalue weighted by atomic mass is 10.1. The fourth-order valence-electron chi connectivity index (χ4n) is 2.54. The normalized spacial score (nSPS) is 27.5. The summed E-state index contributed by atoms with van der Waals surface area (Å²) in [5, 5.41) is 8.71. The summed E-state index contributed by atoms with van der Waals surface area (Å²) >= 11 is 0. The Morgan fingerprint density at radius 3 is 2.33 bits per heavy atom. The van der Waals surface area contributed by atoms with E-state index < -0.39 is 8.53 Å². The van der Waals surface area contributed by atoms with Gasteiger partial charge >= 0.3 is 0 Å². The van der Waals surface area contributed by atoms with Gasteiger partial charge < -0.3 is 13.8 Å². The average Bonchev–Trinajstić information content (AvgIpc) is 2.69. The van der Waals surface area contributed by atoms with Crippen LogP contribution < -0.4 is 0 Å². The molecule has 6 heteroatoms. The highest BCUT2D eigenvalue weighted by Crippen LogP contribution is 2.49. The van der Waals surface area contributed by atoms with Gasteiger partial charge in [-0.15, -0.1) is 0 Å². The molecule has 5 nitrogen and oxygen atoms in total. The van der Waals surface area contributed by atoms with Gasteiger partial charge in [-0.05, 0) is 34.6 Å². The van der Waals surface area contributed by atoms with Crippen molar-refractivity contribution in [2.75, 3.05) is 13.2 Å². The van der Waals surface area contributed by atoms with Crippen LogP contribution >= 0.6 is 8.53 Å². The average molecular weight is 316 g/mol. The molecule has 122 valence electrons. The zero-order valence-electron chi connectivity index (χ0n) is 14.1. The van der Waals surface area contributed by atoms with Crippen molar-refractivity contribution >= 4 is 8.53 Å². The second-order valence-electron chi connectivity index (χ2n) is 6.13. The first kappa shape index (κ1) is 18.8. The number of nitrogens with zero attached hydrogens (tertiary/aromatic N) is 2. The van der Waals surface area contributed by atoms with Crippen molar-refractivity contribution in [2.24, 2.45) is 5.92 Å². The van der Waals surface area contributed by atoms with Crippen LogP contribution in [0.4, 0.5) is 0 Å². The quantitative estimate of drug-likeness (QED) is 0.505. The van der Waals surface area contributed by atoms with Crippen molar-refractivity contribution < 1.29 is 13.8 Å². The summed E-state index contributed by atoms with van der Waals surface area (Å²) in [5.74, 6) is 0.366. The summed E-state index contributed by atoms with van der Waals surface area (Å²) in [5.41, 5.74) is 0. The lowest BCUT2D eigenvalue weighted by molar-refractivity contribution is 0.0517. The Bertz CT molecular complexity index is 328. The maximum atomic E-state index is 8.71. The Kier molecular flexibility index (Phi) is 8.08. The van der Waals surface area contributed by atoms with Crippen LogP contribution in [0, 0.1) is 17.2 Å². The predicted molar refractivity (Wildman–Crippen MR) is 84.7 cm³/mol. The maximum absolute atomic E-state index is 8.71. The summed E-state index contributed by atoms with van der Waals surface area (Å²) < 4.78 is 20.1. The Labute approximate surface area is 130 Å². The van der Waals surface area contributed by atoms with Gasteiger partial charge in [0.1, 0.15) is 0 Å². The summed E-state index contributed by atoms with van der Waals surface area (Å²) in [6, 6.07) is 2.77. The molecule has 1 aliphatic rings. The van der Waals surface area contributed by atoms with E-state index in [1.807, 2.05) is 6.92 Å². The van der Waals surface area contributed by atoms with Crippen molar-refractivity contribution in [1.29, 1.82) is 5.26 Å². The Hall–Kier alpha value is -0.240. The molecule has 21 heavy (non-hydrogen) atoms. The highest BCUT2D eigenvalue weighted by atomic mass is 31.2. The Morgan fingerprint density at radius 1 is 1.29 bits per heavy atom. The van der Waals surface area contributed by atoms with E-state index >= 15 is 0 Å². The first-order valence-electron chi connectivity index (χ1n) is 7.75. The van der Waals surface area contributed by atoms with Crippen LogP contribution in [0.5, 0.6) is 0 Å². The minimum Gasteiger partial charge on any atom is -0.375 e. The van der Waals surface area contributed by atoms with Gasteiger partial charge in [-0.3, -0.25) is 0 Å². The van der Waals surface area contributed by atoms with E-state index in [1.165, 1.54) is 0 Å². The molecule has 0 radical (unpaired) electrons. The molecule has 0 bridgehead atoms. The third-order valence-electron chi connectivity index (χ3n) is 3.52. The topological polar surface area (TPSA) is 54.7 Å². The van der Waals surface area contributed by atoms with E-state index in [2.05, 4.69) is 45.4 Å². The molecule has 2 unspecified atom stereocenters. The van der Waals surface area contributed by atoms with Gasteiger partial charge in [0.2, 0.25) is 0 Å². The van der Waals surface area contributed by atoms with Crippen molar-refractivity contribution in [3.63, 3.8) is 0 Å². The number of hydrogen-bond acceptors (Lipinski definition) is 5. The van der Waals surface area contributed by atoms with Gasteiger partial charge in [-0.1, -0.05) is 6.92 Å². The van der Waals surface area contributed by atoms with Crippen LogP contribution in [0.2, 0.25) is 0 Å². The van der Waals surface area contributed by atoms with E-state index in [4.69, 9.17) is 19.0 Å².